The number of ether oxygens (including phenoxy) is 2. The van der Waals surface area contributed by atoms with Crippen LogP contribution < -0.4 is 0 Å². The van der Waals surface area contributed by atoms with Gasteiger partial charge in [-0.2, -0.15) is 0 Å². The van der Waals surface area contributed by atoms with Crippen molar-refractivity contribution in [1.29, 1.82) is 0 Å². The van der Waals surface area contributed by atoms with E-state index < -0.39 is 32.9 Å². The van der Waals surface area contributed by atoms with E-state index in [-0.39, 0.29) is 19.6 Å². The number of hydrogen-bond donors (Lipinski definition) is 0. The molecule has 0 amide bonds. The van der Waals surface area contributed by atoms with E-state index in [9.17, 15) is 22.6 Å². The third-order valence-corrected chi connectivity index (χ3v) is 5.75. The summed E-state index contributed by atoms with van der Waals surface area (Å²) in [5, 5.41) is -1.55. The van der Waals surface area contributed by atoms with Crippen LogP contribution in [0.3, 0.4) is 0 Å². The smallest absolute Gasteiger partial charge is 0.335 e. The average Bonchev–Trinajstić information content (AvgIpc) is 2.60. The van der Waals surface area contributed by atoms with Crippen molar-refractivity contribution in [2.75, 3.05) is 13.2 Å². The van der Waals surface area contributed by atoms with Crippen LogP contribution in [-0.2, 0) is 29.2 Å². The molecule has 156 valence electrons. The second-order valence-corrected chi connectivity index (χ2v) is 8.41. The number of carbonyl (C=O) groups excluding carboxylic acids is 2. The summed E-state index contributed by atoms with van der Waals surface area (Å²) < 4.78 is 43.4. The maximum atomic E-state index is 11.8. The second kappa shape index (κ2) is 12.9. The Hall–Kier alpha value is -1.41. The lowest BCUT2D eigenvalue weighted by Crippen LogP contribution is -2.35. The summed E-state index contributed by atoms with van der Waals surface area (Å²) in [6, 6.07) is 0. The fraction of sp³-hybridized carbons (Fsp3) is 0.789. The molecule has 1 aliphatic rings. The Labute approximate surface area is 162 Å². The number of unbranched alkanes of at least 4 members (excludes halogenated alkanes) is 9. The molecule has 0 bridgehead atoms. The number of esters is 2. The van der Waals surface area contributed by atoms with Gasteiger partial charge in [-0.25, -0.2) is 18.0 Å². The molecule has 0 aliphatic carbocycles. The van der Waals surface area contributed by atoms with Crippen molar-refractivity contribution < 1.29 is 32.0 Å². The molecule has 1 aliphatic heterocycles. The van der Waals surface area contributed by atoms with Crippen molar-refractivity contribution in [3.05, 3.63) is 11.6 Å². The van der Waals surface area contributed by atoms with Crippen molar-refractivity contribution in [3.63, 3.8) is 0 Å². The van der Waals surface area contributed by atoms with Crippen LogP contribution in [0.2, 0.25) is 0 Å². The van der Waals surface area contributed by atoms with Crippen molar-refractivity contribution in [1.82, 2.24) is 0 Å². The van der Waals surface area contributed by atoms with Gasteiger partial charge in [-0.15, -0.1) is 0 Å². The van der Waals surface area contributed by atoms with E-state index >= 15 is 0 Å². The van der Waals surface area contributed by atoms with E-state index in [2.05, 4.69) is 6.92 Å². The fourth-order valence-corrected chi connectivity index (χ4v) is 3.87. The normalized spacial score (nSPS) is 19.1. The van der Waals surface area contributed by atoms with Crippen LogP contribution in [-0.4, -0.2) is 43.4 Å². The van der Waals surface area contributed by atoms with E-state index in [1.165, 1.54) is 44.9 Å². The molecule has 1 rings (SSSR count). The van der Waals surface area contributed by atoms with Crippen molar-refractivity contribution >= 4 is 22.1 Å². The maximum absolute atomic E-state index is 11.8. The highest BCUT2D eigenvalue weighted by Gasteiger charge is 2.32. The van der Waals surface area contributed by atoms with Gasteiger partial charge in [0.2, 0.25) is 0 Å². The van der Waals surface area contributed by atoms with Crippen LogP contribution in [0.15, 0.2) is 11.6 Å². The zero-order valence-corrected chi connectivity index (χ0v) is 16.9. The highest BCUT2D eigenvalue weighted by Crippen LogP contribution is 2.22. The summed E-state index contributed by atoms with van der Waals surface area (Å²) in [4.78, 5) is 23.4. The first-order chi connectivity index (χ1) is 12.9. The van der Waals surface area contributed by atoms with Crippen molar-refractivity contribution in [2.24, 2.45) is 0 Å². The highest BCUT2D eigenvalue weighted by molar-refractivity contribution is 7.86. The van der Waals surface area contributed by atoms with Crippen molar-refractivity contribution in [2.45, 2.75) is 82.8 Å². The third kappa shape index (κ3) is 9.91. The molecule has 0 aromatic rings. The lowest BCUT2D eigenvalue weighted by Gasteiger charge is -2.26. The molecule has 1 unspecified atom stereocenters. The number of cyclic esters (lactones) is 1. The minimum Gasteiger partial charge on any atom is -0.747 e. The van der Waals surface area contributed by atoms with Gasteiger partial charge >= 0.3 is 11.9 Å². The number of hydrogen-bond acceptors (Lipinski definition) is 7. The Bertz CT molecular complexity index is 595. The molecule has 0 saturated carbocycles. The zero-order valence-electron chi connectivity index (χ0n) is 16.1. The Balaban J connectivity index is 2.22. The Kier molecular flexibility index (Phi) is 11.3. The highest BCUT2D eigenvalue weighted by atomic mass is 32.2. The predicted octanol–water partition coefficient (Wildman–Crippen LogP) is 3.24. The van der Waals surface area contributed by atoms with Gasteiger partial charge in [0.25, 0.3) is 0 Å². The summed E-state index contributed by atoms with van der Waals surface area (Å²) in [5.74, 6) is -1.78. The van der Waals surface area contributed by atoms with Gasteiger partial charge in [-0.1, -0.05) is 64.7 Å². The first-order valence-corrected chi connectivity index (χ1v) is 11.3. The standard InChI is InChI=1S/C19H32O7S/c1-2-3-4-5-6-7-8-9-10-11-13-25-18(20)15-16-17(27(22,23)24)12-14-26-19(16)21/h15,17H,2-14H2,1H3,(H,22,23,24)/p-1/b16-15-. The Morgan fingerprint density at radius 1 is 1.11 bits per heavy atom. The molecule has 0 aromatic carbocycles. The summed E-state index contributed by atoms with van der Waals surface area (Å²) in [6.07, 6.45) is 12.2. The molecule has 1 atom stereocenters. The predicted molar refractivity (Wildman–Crippen MR) is 99.9 cm³/mol. The van der Waals surface area contributed by atoms with E-state index in [1.54, 1.807) is 0 Å². The van der Waals surface area contributed by atoms with Crippen LogP contribution in [0.1, 0.15) is 77.6 Å². The first-order valence-electron chi connectivity index (χ1n) is 9.86. The van der Waals surface area contributed by atoms with E-state index in [4.69, 9.17) is 9.47 Å². The molecule has 1 fully saturated rings. The lowest BCUT2D eigenvalue weighted by molar-refractivity contribution is -0.143. The molecule has 1 heterocycles. The van der Waals surface area contributed by atoms with Crippen LogP contribution in [0.25, 0.3) is 0 Å². The van der Waals surface area contributed by atoms with E-state index in [0.29, 0.717) is 6.42 Å². The second-order valence-electron chi connectivity index (χ2n) is 6.86. The molecule has 0 radical (unpaired) electrons. The summed E-state index contributed by atoms with van der Waals surface area (Å²) in [5.41, 5.74) is -0.440. The summed E-state index contributed by atoms with van der Waals surface area (Å²) >= 11 is 0. The summed E-state index contributed by atoms with van der Waals surface area (Å²) in [6.45, 7) is 2.24. The van der Waals surface area contributed by atoms with E-state index in [1.807, 2.05) is 0 Å². The Morgan fingerprint density at radius 3 is 2.22 bits per heavy atom. The number of rotatable bonds is 13. The number of carbonyl (C=O) groups is 2. The quantitative estimate of drug-likeness (QED) is 0.201. The lowest BCUT2D eigenvalue weighted by atomic mass is 10.1. The molecule has 0 N–H and O–H groups in total. The molecule has 0 aromatic heterocycles. The zero-order chi connectivity index (χ0) is 20.1. The molecule has 8 heteroatoms. The fourth-order valence-electron chi connectivity index (χ4n) is 3.01. The van der Waals surface area contributed by atoms with Crippen molar-refractivity contribution in [3.8, 4) is 0 Å². The van der Waals surface area contributed by atoms with Crippen LogP contribution in [0, 0.1) is 0 Å². The van der Waals surface area contributed by atoms with E-state index in [0.717, 1.165) is 18.9 Å². The van der Waals surface area contributed by atoms with Crippen LogP contribution >= 0.6 is 0 Å². The van der Waals surface area contributed by atoms with Gasteiger partial charge in [0.1, 0.15) is 10.1 Å². The van der Waals surface area contributed by atoms with Gasteiger partial charge in [0.15, 0.2) is 0 Å². The SMILES string of the molecule is CCCCCCCCCCCCOC(=O)/C=C1\C(=O)OCCC1S(=O)(=O)[O-]. The van der Waals surface area contributed by atoms with Gasteiger partial charge in [-0.05, 0) is 6.42 Å². The summed E-state index contributed by atoms with van der Waals surface area (Å²) in [7, 11) is -4.73. The van der Waals surface area contributed by atoms with Gasteiger partial charge in [0.05, 0.1) is 24.0 Å². The Morgan fingerprint density at radius 2 is 1.67 bits per heavy atom. The third-order valence-electron chi connectivity index (χ3n) is 4.56. The van der Waals surface area contributed by atoms with Crippen LogP contribution in [0.4, 0.5) is 0 Å². The van der Waals surface area contributed by atoms with Gasteiger partial charge in [-0.3, -0.25) is 0 Å². The molecular weight excluding hydrogens is 372 g/mol. The molecule has 7 nitrogen and oxygen atoms in total. The molecule has 1 saturated heterocycles. The van der Waals surface area contributed by atoms with Gasteiger partial charge in [0, 0.05) is 12.5 Å². The minimum atomic E-state index is -4.73. The molecule has 0 spiro atoms. The largest absolute Gasteiger partial charge is 0.747 e. The monoisotopic (exact) mass is 403 g/mol. The molecule has 27 heavy (non-hydrogen) atoms. The average molecular weight is 404 g/mol. The van der Waals surface area contributed by atoms with Crippen LogP contribution in [0.5, 0.6) is 0 Å². The topological polar surface area (TPSA) is 110 Å². The minimum absolute atomic E-state index is 0.144. The first kappa shape index (κ1) is 23.6. The molecular formula is C19H31O7S-. The van der Waals surface area contributed by atoms with Gasteiger partial charge < -0.3 is 14.0 Å². The maximum Gasteiger partial charge on any atom is 0.335 e.